The van der Waals surface area contributed by atoms with Crippen molar-refractivity contribution in [3.05, 3.63) is 46.0 Å². The number of hydrogen-bond acceptors (Lipinski definition) is 4. The summed E-state index contributed by atoms with van der Waals surface area (Å²) < 4.78 is 6.23. The number of benzene rings is 2. The number of carbonyl (C=O) groups is 1. The third-order valence-corrected chi connectivity index (χ3v) is 4.43. The third kappa shape index (κ3) is 4.82. The minimum absolute atomic E-state index is 0.0655. The molecule has 0 aliphatic rings. The molecule has 0 fully saturated rings. The first kappa shape index (κ1) is 16.0. The molecule has 0 unspecified atom stereocenters. The third-order valence-electron chi connectivity index (χ3n) is 2.69. The number of ether oxygens (including phenoxy) is 1. The Morgan fingerprint density at radius 3 is 2.86 bits per heavy atom. The van der Waals surface area contributed by atoms with E-state index in [2.05, 4.69) is 27.9 Å². The first-order valence-corrected chi connectivity index (χ1v) is 8.26. The number of amides is 1. The number of thioether (sulfide) groups is 1. The van der Waals surface area contributed by atoms with E-state index >= 15 is 0 Å². The lowest BCUT2D eigenvalue weighted by atomic mass is 10.3. The Kier molecular flexibility index (Phi) is 5.75. The van der Waals surface area contributed by atoms with Crippen LogP contribution in [-0.2, 0) is 4.79 Å². The molecule has 0 aliphatic heterocycles. The molecule has 0 spiro atoms. The molecule has 2 aromatic carbocycles. The quantitative estimate of drug-likeness (QED) is 0.446. The topological polar surface area (TPSA) is 64.3 Å². The number of carbonyl (C=O) groups excluding carboxylic acids is 1. The monoisotopic (exact) mass is 414 g/mol. The van der Waals surface area contributed by atoms with E-state index in [4.69, 9.17) is 10.5 Å². The van der Waals surface area contributed by atoms with Crippen LogP contribution in [0.2, 0.25) is 0 Å². The van der Waals surface area contributed by atoms with Crippen LogP contribution in [0.3, 0.4) is 0 Å². The molecule has 0 bridgehead atoms. The maximum Gasteiger partial charge on any atom is 0.234 e. The zero-order chi connectivity index (χ0) is 15.2. The van der Waals surface area contributed by atoms with Crippen molar-refractivity contribution < 1.29 is 9.53 Å². The van der Waals surface area contributed by atoms with Gasteiger partial charge in [0.25, 0.3) is 0 Å². The Morgan fingerprint density at radius 2 is 2.14 bits per heavy atom. The minimum atomic E-state index is -0.0655. The summed E-state index contributed by atoms with van der Waals surface area (Å²) in [4.78, 5) is 12.8. The van der Waals surface area contributed by atoms with Gasteiger partial charge in [-0.3, -0.25) is 4.79 Å². The highest BCUT2D eigenvalue weighted by molar-refractivity contribution is 14.1. The van der Waals surface area contributed by atoms with Gasteiger partial charge in [-0.05, 0) is 59.0 Å². The van der Waals surface area contributed by atoms with Gasteiger partial charge >= 0.3 is 0 Å². The molecular formula is C15H15IN2O2S. The molecule has 0 saturated heterocycles. The molecule has 0 saturated carbocycles. The predicted molar refractivity (Wildman–Crippen MR) is 95.9 cm³/mol. The van der Waals surface area contributed by atoms with Crippen LogP contribution in [0.5, 0.6) is 5.75 Å². The molecule has 0 atom stereocenters. The van der Waals surface area contributed by atoms with Crippen LogP contribution in [0.25, 0.3) is 0 Å². The van der Waals surface area contributed by atoms with Gasteiger partial charge < -0.3 is 15.8 Å². The summed E-state index contributed by atoms with van der Waals surface area (Å²) in [7, 11) is 1.60. The highest BCUT2D eigenvalue weighted by atomic mass is 127. The van der Waals surface area contributed by atoms with Crippen LogP contribution in [0, 0.1) is 3.57 Å². The molecule has 4 nitrogen and oxygen atoms in total. The fourth-order valence-electron chi connectivity index (χ4n) is 1.67. The minimum Gasteiger partial charge on any atom is -0.497 e. The first-order valence-electron chi connectivity index (χ1n) is 6.20. The van der Waals surface area contributed by atoms with E-state index in [-0.39, 0.29) is 5.91 Å². The second-order valence-electron chi connectivity index (χ2n) is 4.25. The normalized spacial score (nSPS) is 10.2. The van der Waals surface area contributed by atoms with E-state index in [9.17, 15) is 4.79 Å². The van der Waals surface area contributed by atoms with E-state index in [1.807, 2.05) is 30.3 Å². The maximum absolute atomic E-state index is 12.0. The lowest BCUT2D eigenvalue weighted by molar-refractivity contribution is -0.113. The Morgan fingerprint density at radius 1 is 1.33 bits per heavy atom. The summed E-state index contributed by atoms with van der Waals surface area (Å²) in [5.74, 6) is 0.956. The zero-order valence-electron chi connectivity index (χ0n) is 11.4. The molecule has 0 aliphatic carbocycles. The van der Waals surface area contributed by atoms with Crippen LogP contribution in [0.1, 0.15) is 0 Å². The molecule has 0 aromatic heterocycles. The average Bonchev–Trinajstić information content (AvgIpc) is 2.46. The van der Waals surface area contributed by atoms with Crippen LogP contribution >= 0.6 is 34.4 Å². The average molecular weight is 414 g/mol. The van der Waals surface area contributed by atoms with Crippen molar-refractivity contribution in [2.45, 2.75) is 4.90 Å². The summed E-state index contributed by atoms with van der Waals surface area (Å²) >= 11 is 3.60. The molecule has 0 heterocycles. The summed E-state index contributed by atoms with van der Waals surface area (Å²) in [6, 6.07) is 13.1. The summed E-state index contributed by atoms with van der Waals surface area (Å²) in [5, 5.41) is 2.86. The predicted octanol–water partition coefficient (Wildman–Crippen LogP) is 3.61. The van der Waals surface area contributed by atoms with Crippen molar-refractivity contribution in [2.75, 3.05) is 23.9 Å². The molecule has 110 valence electrons. The van der Waals surface area contributed by atoms with Gasteiger partial charge in [0.1, 0.15) is 5.75 Å². The van der Waals surface area contributed by atoms with Crippen LogP contribution in [-0.4, -0.2) is 18.8 Å². The van der Waals surface area contributed by atoms with Crippen molar-refractivity contribution in [1.29, 1.82) is 0 Å². The number of anilines is 2. The van der Waals surface area contributed by atoms with Crippen molar-refractivity contribution in [1.82, 2.24) is 0 Å². The van der Waals surface area contributed by atoms with Crippen LogP contribution in [0.4, 0.5) is 11.4 Å². The molecule has 2 rings (SSSR count). The number of nitrogens with two attached hydrogens (primary N) is 1. The van der Waals surface area contributed by atoms with Crippen molar-refractivity contribution in [3.63, 3.8) is 0 Å². The van der Waals surface area contributed by atoms with Gasteiger partial charge in [-0.25, -0.2) is 0 Å². The fourth-order valence-corrected chi connectivity index (χ4v) is 3.01. The smallest absolute Gasteiger partial charge is 0.234 e. The Hall–Kier alpha value is -1.41. The Labute approximate surface area is 141 Å². The highest BCUT2D eigenvalue weighted by Gasteiger charge is 2.07. The maximum atomic E-state index is 12.0. The van der Waals surface area contributed by atoms with E-state index < -0.39 is 0 Å². The molecule has 21 heavy (non-hydrogen) atoms. The number of nitrogens with one attached hydrogen (secondary N) is 1. The number of hydrogen-bond donors (Lipinski definition) is 2. The van der Waals surface area contributed by atoms with Gasteiger partial charge in [0, 0.05) is 19.8 Å². The molecule has 0 radical (unpaired) electrons. The van der Waals surface area contributed by atoms with Crippen molar-refractivity contribution >= 4 is 51.6 Å². The SMILES string of the molecule is COc1ccc(N)c(SCC(=O)Nc2cccc(I)c2)c1. The van der Waals surface area contributed by atoms with Crippen LogP contribution in [0.15, 0.2) is 47.4 Å². The molecular weight excluding hydrogens is 399 g/mol. The second-order valence-corrected chi connectivity index (χ2v) is 6.51. The number of halogens is 1. The van der Waals surface area contributed by atoms with E-state index in [0.717, 1.165) is 19.9 Å². The molecule has 3 N–H and O–H groups in total. The van der Waals surface area contributed by atoms with Gasteiger partial charge in [-0.15, -0.1) is 11.8 Å². The summed E-state index contributed by atoms with van der Waals surface area (Å²) in [6.45, 7) is 0. The van der Waals surface area contributed by atoms with E-state index in [0.29, 0.717) is 11.4 Å². The van der Waals surface area contributed by atoms with Gasteiger partial charge in [0.15, 0.2) is 0 Å². The first-order chi connectivity index (χ1) is 10.1. The van der Waals surface area contributed by atoms with Crippen LogP contribution < -0.4 is 15.8 Å². The fraction of sp³-hybridized carbons (Fsp3) is 0.133. The van der Waals surface area contributed by atoms with Gasteiger partial charge in [-0.1, -0.05) is 6.07 Å². The molecule has 2 aromatic rings. The van der Waals surface area contributed by atoms with Crippen molar-refractivity contribution in [2.24, 2.45) is 0 Å². The summed E-state index contributed by atoms with van der Waals surface area (Å²) in [6.07, 6.45) is 0. The number of rotatable bonds is 5. The van der Waals surface area contributed by atoms with Gasteiger partial charge in [0.05, 0.1) is 12.9 Å². The Balaban J connectivity index is 1.95. The van der Waals surface area contributed by atoms with E-state index in [1.54, 1.807) is 19.2 Å². The van der Waals surface area contributed by atoms with E-state index in [1.165, 1.54) is 11.8 Å². The lowest BCUT2D eigenvalue weighted by Gasteiger charge is -2.08. The number of methoxy groups -OCH3 is 1. The molecule has 6 heteroatoms. The largest absolute Gasteiger partial charge is 0.497 e. The summed E-state index contributed by atoms with van der Waals surface area (Å²) in [5.41, 5.74) is 7.33. The zero-order valence-corrected chi connectivity index (χ0v) is 14.4. The standard InChI is InChI=1S/C15H15IN2O2S/c1-20-12-5-6-13(17)14(8-12)21-9-15(19)18-11-4-2-3-10(16)7-11/h2-8H,9,17H2,1H3,(H,18,19). The van der Waals surface area contributed by atoms with Gasteiger partial charge in [-0.2, -0.15) is 0 Å². The van der Waals surface area contributed by atoms with Crippen molar-refractivity contribution in [3.8, 4) is 5.75 Å². The lowest BCUT2D eigenvalue weighted by Crippen LogP contribution is -2.14. The number of nitrogen functional groups attached to an aromatic ring is 1. The Bertz CT molecular complexity index is 649. The highest BCUT2D eigenvalue weighted by Crippen LogP contribution is 2.29. The molecule has 1 amide bonds. The second kappa shape index (κ2) is 7.56. The van der Waals surface area contributed by atoms with Gasteiger partial charge in [0.2, 0.25) is 5.91 Å².